The van der Waals surface area contributed by atoms with Crippen molar-refractivity contribution in [1.29, 1.82) is 0 Å². The molecule has 0 atom stereocenters. The Morgan fingerprint density at radius 3 is 2.41 bits per heavy atom. The Morgan fingerprint density at radius 2 is 1.82 bits per heavy atom. The van der Waals surface area contributed by atoms with Gasteiger partial charge in [-0.1, -0.05) is 13.3 Å². The maximum absolute atomic E-state index is 12.1. The van der Waals surface area contributed by atoms with Gasteiger partial charge in [-0.3, -0.25) is 9.59 Å². The largest absolute Gasteiger partial charge is 0.356 e. The van der Waals surface area contributed by atoms with Crippen molar-refractivity contribution in [3.05, 3.63) is 0 Å². The second-order valence-electron chi connectivity index (χ2n) is 6.37. The van der Waals surface area contributed by atoms with Gasteiger partial charge in [-0.25, -0.2) is 0 Å². The van der Waals surface area contributed by atoms with E-state index in [2.05, 4.69) is 17.6 Å². The van der Waals surface area contributed by atoms with E-state index in [-0.39, 0.29) is 30.1 Å². The summed E-state index contributed by atoms with van der Waals surface area (Å²) in [7, 11) is 0. The first-order valence-corrected chi connectivity index (χ1v) is 8.47. The van der Waals surface area contributed by atoms with Gasteiger partial charge in [-0.2, -0.15) is 0 Å². The van der Waals surface area contributed by atoms with E-state index in [0.717, 1.165) is 57.8 Å². The Hall–Kier alpha value is -0.810. The predicted molar refractivity (Wildman–Crippen MR) is 90.1 cm³/mol. The number of nitrogens with zero attached hydrogens (tertiary/aromatic N) is 1. The van der Waals surface area contributed by atoms with E-state index in [9.17, 15) is 9.59 Å². The van der Waals surface area contributed by atoms with Crippen molar-refractivity contribution >= 4 is 24.2 Å². The van der Waals surface area contributed by atoms with Crippen LogP contribution in [-0.2, 0) is 9.59 Å². The van der Waals surface area contributed by atoms with Crippen molar-refractivity contribution < 1.29 is 9.59 Å². The molecule has 0 aromatic carbocycles. The minimum Gasteiger partial charge on any atom is -0.356 e. The number of rotatable bonds is 8. The Labute approximate surface area is 140 Å². The molecule has 128 valence electrons. The van der Waals surface area contributed by atoms with Crippen LogP contribution in [0.1, 0.15) is 45.4 Å². The van der Waals surface area contributed by atoms with Gasteiger partial charge in [0.25, 0.3) is 0 Å². The van der Waals surface area contributed by atoms with E-state index < -0.39 is 0 Å². The lowest BCUT2D eigenvalue weighted by molar-refractivity contribution is -0.134. The van der Waals surface area contributed by atoms with Gasteiger partial charge in [0.2, 0.25) is 11.8 Å². The molecule has 5 nitrogen and oxygen atoms in total. The highest BCUT2D eigenvalue weighted by molar-refractivity contribution is 5.85. The number of halogens is 1. The van der Waals surface area contributed by atoms with Crippen molar-refractivity contribution in [2.45, 2.75) is 45.4 Å². The molecular formula is C16H30ClN3O2. The van der Waals surface area contributed by atoms with Crippen LogP contribution in [0.25, 0.3) is 0 Å². The molecule has 0 aromatic heterocycles. The third-order valence-electron chi connectivity index (χ3n) is 4.45. The molecule has 0 radical (unpaired) electrons. The SMILES string of the molecule is CCCCNC(=O)C1CCN(C(=O)CNCC2CC2)CC1.Cl. The summed E-state index contributed by atoms with van der Waals surface area (Å²) in [6, 6.07) is 0. The van der Waals surface area contributed by atoms with Crippen molar-refractivity contribution in [3.63, 3.8) is 0 Å². The molecule has 0 unspecified atom stereocenters. The summed E-state index contributed by atoms with van der Waals surface area (Å²) in [4.78, 5) is 25.9. The van der Waals surface area contributed by atoms with Gasteiger partial charge < -0.3 is 15.5 Å². The maximum atomic E-state index is 12.1. The lowest BCUT2D eigenvalue weighted by atomic mass is 9.96. The number of carbonyl (C=O) groups excluding carboxylic acids is 2. The monoisotopic (exact) mass is 331 g/mol. The average molecular weight is 332 g/mol. The van der Waals surface area contributed by atoms with Crippen LogP contribution in [0.2, 0.25) is 0 Å². The molecule has 1 aliphatic heterocycles. The number of hydrogen-bond donors (Lipinski definition) is 2. The third kappa shape index (κ3) is 6.53. The number of piperidine rings is 1. The molecule has 0 aromatic rings. The van der Waals surface area contributed by atoms with Gasteiger partial charge in [-0.05, 0) is 44.6 Å². The van der Waals surface area contributed by atoms with E-state index in [1.807, 2.05) is 4.90 Å². The Morgan fingerprint density at radius 1 is 1.14 bits per heavy atom. The summed E-state index contributed by atoms with van der Waals surface area (Å²) in [5.74, 6) is 1.24. The normalized spacial score (nSPS) is 18.7. The van der Waals surface area contributed by atoms with Crippen LogP contribution in [-0.4, -0.2) is 49.4 Å². The van der Waals surface area contributed by atoms with E-state index in [0.29, 0.717) is 6.54 Å². The van der Waals surface area contributed by atoms with Crippen molar-refractivity contribution in [2.75, 3.05) is 32.7 Å². The fraction of sp³-hybridized carbons (Fsp3) is 0.875. The second kappa shape index (κ2) is 10.1. The van der Waals surface area contributed by atoms with Gasteiger partial charge in [0.05, 0.1) is 6.54 Å². The smallest absolute Gasteiger partial charge is 0.236 e. The van der Waals surface area contributed by atoms with Crippen molar-refractivity contribution in [3.8, 4) is 0 Å². The number of nitrogens with one attached hydrogen (secondary N) is 2. The highest BCUT2D eigenvalue weighted by atomic mass is 35.5. The second-order valence-corrected chi connectivity index (χ2v) is 6.37. The highest BCUT2D eigenvalue weighted by Crippen LogP contribution is 2.27. The third-order valence-corrected chi connectivity index (χ3v) is 4.45. The number of carbonyl (C=O) groups is 2. The lowest BCUT2D eigenvalue weighted by Crippen LogP contribution is -2.46. The van der Waals surface area contributed by atoms with Crippen LogP contribution in [0.3, 0.4) is 0 Å². The van der Waals surface area contributed by atoms with Crippen LogP contribution in [0.15, 0.2) is 0 Å². The summed E-state index contributed by atoms with van der Waals surface area (Å²) in [6.45, 7) is 5.75. The van der Waals surface area contributed by atoms with E-state index in [1.165, 1.54) is 12.8 Å². The summed E-state index contributed by atoms with van der Waals surface area (Å²) in [5, 5.41) is 6.24. The van der Waals surface area contributed by atoms with Crippen LogP contribution < -0.4 is 10.6 Å². The molecule has 0 bridgehead atoms. The number of likely N-dealkylation sites (tertiary alicyclic amines) is 1. The molecule has 2 N–H and O–H groups in total. The Balaban J connectivity index is 0.00000242. The maximum Gasteiger partial charge on any atom is 0.236 e. The van der Waals surface area contributed by atoms with Gasteiger partial charge in [0.1, 0.15) is 0 Å². The van der Waals surface area contributed by atoms with Gasteiger partial charge in [0, 0.05) is 25.6 Å². The molecule has 1 heterocycles. The average Bonchev–Trinajstić information content (AvgIpc) is 3.31. The quantitative estimate of drug-likeness (QED) is 0.664. The van der Waals surface area contributed by atoms with Crippen molar-refractivity contribution in [1.82, 2.24) is 15.5 Å². The Bertz CT molecular complexity index is 353. The predicted octanol–water partition coefficient (Wildman–Crippen LogP) is 1.56. The fourth-order valence-corrected chi connectivity index (χ4v) is 2.74. The molecule has 1 aliphatic carbocycles. The zero-order valence-corrected chi connectivity index (χ0v) is 14.4. The fourth-order valence-electron chi connectivity index (χ4n) is 2.74. The number of amides is 2. The topological polar surface area (TPSA) is 61.4 Å². The summed E-state index contributed by atoms with van der Waals surface area (Å²) >= 11 is 0. The Kier molecular flexibility index (Phi) is 8.79. The van der Waals surface area contributed by atoms with Crippen LogP contribution in [0.4, 0.5) is 0 Å². The van der Waals surface area contributed by atoms with Gasteiger partial charge >= 0.3 is 0 Å². The molecule has 2 fully saturated rings. The molecule has 2 amide bonds. The molecule has 1 saturated heterocycles. The first kappa shape index (κ1) is 19.2. The molecule has 1 saturated carbocycles. The van der Waals surface area contributed by atoms with Crippen LogP contribution >= 0.6 is 12.4 Å². The molecular weight excluding hydrogens is 302 g/mol. The minimum absolute atomic E-state index is 0. The standard InChI is InChI=1S/C16H29N3O2.ClH/c1-2-3-8-18-16(21)14-6-9-19(10-7-14)15(20)12-17-11-13-4-5-13;/h13-14,17H,2-12H2,1H3,(H,18,21);1H. The van der Waals surface area contributed by atoms with E-state index in [4.69, 9.17) is 0 Å². The first-order chi connectivity index (χ1) is 10.2. The molecule has 22 heavy (non-hydrogen) atoms. The summed E-state index contributed by atoms with van der Waals surface area (Å²) in [5.41, 5.74) is 0. The molecule has 2 rings (SSSR count). The van der Waals surface area contributed by atoms with E-state index in [1.54, 1.807) is 0 Å². The van der Waals surface area contributed by atoms with E-state index >= 15 is 0 Å². The summed E-state index contributed by atoms with van der Waals surface area (Å²) < 4.78 is 0. The number of unbranched alkanes of at least 4 members (excludes halogenated alkanes) is 1. The molecule has 2 aliphatic rings. The first-order valence-electron chi connectivity index (χ1n) is 8.47. The highest BCUT2D eigenvalue weighted by Gasteiger charge is 2.27. The zero-order chi connectivity index (χ0) is 15.1. The van der Waals surface area contributed by atoms with Gasteiger partial charge in [0.15, 0.2) is 0 Å². The van der Waals surface area contributed by atoms with Crippen molar-refractivity contribution in [2.24, 2.45) is 11.8 Å². The molecule has 6 heteroatoms. The minimum atomic E-state index is 0. The lowest BCUT2D eigenvalue weighted by Gasteiger charge is -2.31. The van der Waals surface area contributed by atoms with Gasteiger partial charge in [-0.15, -0.1) is 12.4 Å². The van der Waals surface area contributed by atoms with Crippen LogP contribution in [0, 0.1) is 11.8 Å². The summed E-state index contributed by atoms with van der Waals surface area (Å²) in [6.07, 6.45) is 6.34. The van der Waals surface area contributed by atoms with Crippen LogP contribution in [0.5, 0.6) is 0 Å². The zero-order valence-electron chi connectivity index (χ0n) is 13.6. The molecule has 0 spiro atoms. The number of hydrogen-bond acceptors (Lipinski definition) is 3.